The van der Waals surface area contributed by atoms with Gasteiger partial charge in [0.15, 0.2) is 5.65 Å². The molecule has 21 heavy (non-hydrogen) atoms. The summed E-state index contributed by atoms with van der Waals surface area (Å²) in [6, 6.07) is 3.11. The zero-order valence-electron chi connectivity index (χ0n) is 12.0. The van der Waals surface area contributed by atoms with Gasteiger partial charge in [0.1, 0.15) is 12.1 Å². The molecule has 7 heteroatoms. The minimum atomic E-state index is -0.241. The summed E-state index contributed by atoms with van der Waals surface area (Å²) < 4.78 is 1.44. The lowest BCUT2D eigenvalue weighted by Crippen LogP contribution is -2.46. The molecule has 0 aromatic carbocycles. The van der Waals surface area contributed by atoms with Gasteiger partial charge in [0.05, 0.1) is 0 Å². The van der Waals surface area contributed by atoms with Crippen LogP contribution in [0.25, 0.3) is 5.65 Å². The molecule has 2 fully saturated rings. The molecule has 1 atom stereocenters. The van der Waals surface area contributed by atoms with Crippen molar-refractivity contribution >= 4 is 11.5 Å². The molecule has 112 valence electrons. The topological polar surface area (TPSA) is 78.3 Å². The van der Waals surface area contributed by atoms with E-state index in [1.54, 1.807) is 6.33 Å². The zero-order valence-corrected chi connectivity index (χ0v) is 12.0. The fourth-order valence-electron chi connectivity index (χ4n) is 3.06. The van der Waals surface area contributed by atoms with Crippen molar-refractivity contribution in [2.45, 2.75) is 44.2 Å². The van der Waals surface area contributed by atoms with Gasteiger partial charge < -0.3 is 10.2 Å². The summed E-state index contributed by atoms with van der Waals surface area (Å²) >= 11 is 0. The Morgan fingerprint density at radius 2 is 2.24 bits per heavy atom. The van der Waals surface area contributed by atoms with Gasteiger partial charge in [-0.25, -0.2) is 19.3 Å². The van der Waals surface area contributed by atoms with E-state index in [1.165, 1.54) is 36.5 Å². The van der Waals surface area contributed by atoms with E-state index in [2.05, 4.69) is 25.4 Å². The highest BCUT2D eigenvalue weighted by atomic mass is 16.1. The second kappa shape index (κ2) is 5.14. The SMILES string of the molecule is O=c1[nH]nc2cc(N3CCCCC3CNC3CC3)ncn12. The third kappa shape index (κ3) is 2.53. The molecule has 3 heterocycles. The van der Waals surface area contributed by atoms with Crippen molar-refractivity contribution in [1.29, 1.82) is 0 Å². The maximum atomic E-state index is 11.5. The second-order valence-electron chi connectivity index (χ2n) is 6.03. The van der Waals surface area contributed by atoms with Crippen LogP contribution >= 0.6 is 0 Å². The number of nitrogens with one attached hydrogen (secondary N) is 2. The maximum Gasteiger partial charge on any atom is 0.348 e. The highest BCUT2D eigenvalue weighted by molar-refractivity contribution is 5.51. The number of hydrogen-bond acceptors (Lipinski definition) is 5. The van der Waals surface area contributed by atoms with E-state index in [9.17, 15) is 4.79 Å². The lowest BCUT2D eigenvalue weighted by atomic mass is 10.0. The van der Waals surface area contributed by atoms with E-state index in [0.717, 1.165) is 24.9 Å². The quantitative estimate of drug-likeness (QED) is 0.858. The van der Waals surface area contributed by atoms with E-state index in [4.69, 9.17) is 0 Å². The van der Waals surface area contributed by atoms with Crippen LogP contribution in [0.5, 0.6) is 0 Å². The highest BCUT2D eigenvalue weighted by Crippen LogP contribution is 2.25. The normalized spacial score (nSPS) is 22.9. The molecule has 2 aromatic heterocycles. The van der Waals surface area contributed by atoms with Crippen LogP contribution < -0.4 is 15.9 Å². The summed E-state index contributed by atoms with van der Waals surface area (Å²) in [5.74, 6) is 0.920. The van der Waals surface area contributed by atoms with E-state index < -0.39 is 0 Å². The van der Waals surface area contributed by atoms with Crippen molar-refractivity contribution in [3.05, 3.63) is 22.9 Å². The average molecular weight is 288 g/mol. The number of nitrogens with zero attached hydrogens (tertiary/aromatic N) is 4. The Labute approximate surface area is 122 Å². The summed E-state index contributed by atoms with van der Waals surface area (Å²) in [5.41, 5.74) is 0.388. The van der Waals surface area contributed by atoms with Crippen LogP contribution in [0.1, 0.15) is 32.1 Å². The van der Waals surface area contributed by atoms with Crippen LogP contribution in [0.15, 0.2) is 17.2 Å². The molecule has 0 amide bonds. The van der Waals surface area contributed by atoms with Gasteiger partial charge in [-0.15, -0.1) is 0 Å². The number of anilines is 1. The van der Waals surface area contributed by atoms with Gasteiger partial charge in [-0.2, -0.15) is 5.10 Å². The molecule has 1 aliphatic heterocycles. The van der Waals surface area contributed by atoms with Crippen LogP contribution in [0.2, 0.25) is 0 Å². The van der Waals surface area contributed by atoms with E-state index in [0.29, 0.717) is 11.7 Å². The lowest BCUT2D eigenvalue weighted by Gasteiger charge is -2.36. The summed E-state index contributed by atoms with van der Waals surface area (Å²) in [4.78, 5) is 18.3. The van der Waals surface area contributed by atoms with E-state index in [-0.39, 0.29) is 5.69 Å². The van der Waals surface area contributed by atoms with Gasteiger partial charge in [0, 0.05) is 31.2 Å². The summed E-state index contributed by atoms with van der Waals surface area (Å²) in [6.45, 7) is 2.04. The molecule has 0 bridgehead atoms. The Hall–Kier alpha value is -1.89. The van der Waals surface area contributed by atoms with Crippen molar-refractivity contribution in [2.75, 3.05) is 18.0 Å². The zero-order chi connectivity index (χ0) is 14.2. The Balaban J connectivity index is 1.58. The van der Waals surface area contributed by atoms with E-state index in [1.807, 2.05) is 6.07 Å². The Bertz CT molecular complexity index is 688. The van der Waals surface area contributed by atoms with Gasteiger partial charge in [0.2, 0.25) is 0 Å². The van der Waals surface area contributed by atoms with Gasteiger partial charge in [-0.3, -0.25) is 0 Å². The molecule has 2 aromatic rings. The first-order valence-electron chi connectivity index (χ1n) is 7.74. The largest absolute Gasteiger partial charge is 0.352 e. The molecule has 1 aliphatic carbocycles. The van der Waals surface area contributed by atoms with Crippen molar-refractivity contribution < 1.29 is 0 Å². The smallest absolute Gasteiger partial charge is 0.348 e. The number of hydrogen-bond donors (Lipinski definition) is 2. The molecule has 7 nitrogen and oxygen atoms in total. The third-order valence-corrected chi connectivity index (χ3v) is 4.44. The number of H-pyrrole nitrogens is 1. The van der Waals surface area contributed by atoms with Crippen LogP contribution in [-0.2, 0) is 0 Å². The lowest BCUT2D eigenvalue weighted by molar-refractivity contribution is 0.431. The van der Waals surface area contributed by atoms with Crippen molar-refractivity contribution in [3.8, 4) is 0 Å². The first-order valence-corrected chi connectivity index (χ1v) is 7.74. The monoisotopic (exact) mass is 288 g/mol. The minimum absolute atomic E-state index is 0.241. The van der Waals surface area contributed by atoms with Gasteiger partial charge in [0.25, 0.3) is 0 Å². The first-order chi connectivity index (χ1) is 10.3. The number of aromatic amines is 1. The third-order valence-electron chi connectivity index (χ3n) is 4.44. The first kappa shape index (κ1) is 12.8. The number of fused-ring (bicyclic) bond motifs is 1. The molecule has 0 radical (unpaired) electrons. The molecular formula is C14H20N6O. The standard InChI is InChI=1S/C14H20N6O/c21-14-18-17-13-7-12(16-9-20(13)14)19-6-2-1-3-11(19)8-15-10-4-5-10/h7,9-11,15H,1-6,8H2,(H,18,21). The van der Waals surface area contributed by atoms with Gasteiger partial charge in [-0.05, 0) is 32.1 Å². The molecule has 1 saturated heterocycles. The van der Waals surface area contributed by atoms with Crippen molar-refractivity contribution in [3.63, 3.8) is 0 Å². The van der Waals surface area contributed by atoms with Crippen LogP contribution in [-0.4, -0.2) is 44.8 Å². The fraction of sp³-hybridized carbons (Fsp3) is 0.643. The van der Waals surface area contributed by atoms with Gasteiger partial charge in [-0.1, -0.05) is 0 Å². The Kier molecular flexibility index (Phi) is 3.14. The summed E-state index contributed by atoms with van der Waals surface area (Å²) in [6.07, 6.45) is 7.86. The molecule has 2 N–H and O–H groups in total. The summed E-state index contributed by atoms with van der Waals surface area (Å²) in [5, 5.41) is 10.1. The number of rotatable bonds is 4. The minimum Gasteiger partial charge on any atom is -0.352 e. The Morgan fingerprint density at radius 3 is 3.10 bits per heavy atom. The second-order valence-corrected chi connectivity index (χ2v) is 6.03. The average Bonchev–Trinajstić information content (AvgIpc) is 3.28. The number of piperidine rings is 1. The number of aromatic nitrogens is 4. The van der Waals surface area contributed by atoms with Gasteiger partial charge >= 0.3 is 5.69 Å². The van der Waals surface area contributed by atoms with Crippen LogP contribution in [0.4, 0.5) is 5.82 Å². The predicted octanol–water partition coefficient (Wildman–Crippen LogP) is 0.528. The van der Waals surface area contributed by atoms with E-state index >= 15 is 0 Å². The molecule has 2 aliphatic rings. The van der Waals surface area contributed by atoms with Crippen LogP contribution in [0, 0.1) is 0 Å². The Morgan fingerprint density at radius 1 is 1.33 bits per heavy atom. The predicted molar refractivity (Wildman–Crippen MR) is 79.6 cm³/mol. The fourth-order valence-corrected chi connectivity index (χ4v) is 3.06. The molecule has 0 spiro atoms. The molecule has 4 rings (SSSR count). The highest BCUT2D eigenvalue weighted by Gasteiger charge is 2.27. The summed E-state index contributed by atoms with van der Waals surface area (Å²) in [7, 11) is 0. The van der Waals surface area contributed by atoms with Crippen LogP contribution in [0.3, 0.4) is 0 Å². The molecule has 1 unspecified atom stereocenters. The molecule has 1 saturated carbocycles. The van der Waals surface area contributed by atoms with Crippen molar-refractivity contribution in [2.24, 2.45) is 0 Å². The maximum absolute atomic E-state index is 11.5. The molecular weight excluding hydrogens is 268 g/mol. The van der Waals surface area contributed by atoms with Crippen molar-refractivity contribution in [1.82, 2.24) is 24.9 Å².